The summed E-state index contributed by atoms with van der Waals surface area (Å²) in [6.45, 7) is 0. The normalized spacial score (nSPS) is 12.0. The third kappa shape index (κ3) is 3.18. The maximum absolute atomic E-state index is 5.24. The SMILES string of the molecule is Brc1nc(-n2c3ccccc3c3ccccc32)c2ccc3ccc(-n4c5ccccc5c5cccnc54)nc3c2n1. The summed E-state index contributed by atoms with van der Waals surface area (Å²) < 4.78 is 4.87. The first kappa shape index (κ1) is 22.7. The van der Waals surface area contributed by atoms with E-state index in [0.717, 1.165) is 66.4 Å². The third-order valence-corrected chi connectivity index (χ3v) is 8.27. The van der Waals surface area contributed by atoms with Gasteiger partial charge in [0.1, 0.15) is 22.8 Å². The van der Waals surface area contributed by atoms with Crippen LogP contribution in [0.5, 0.6) is 0 Å². The van der Waals surface area contributed by atoms with Crippen LogP contribution in [0.3, 0.4) is 0 Å². The van der Waals surface area contributed by atoms with Crippen molar-refractivity contribution in [3.8, 4) is 11.6 Å². The Labute approximate surface area is 241 Å². The molecule has 0 aliphatic rings. The largest absolute Gasteiger partial charge is 0.293 e. The number of hydrogen-bond donors (Lipinski definition) is 0. The number of hydrogen-bond acceptors (Lipinski definition) is 4. The Morgan fingerprint density at radius 2 is 1.10 bits per heavy atom. The average Bonchev–Trinajstić information content (AvgIpc) is 3.53. The summed E-state index contributed by atoms with van der Waals surface area (Å²) in [7, 11) is 0. The average molecular weight is 591 g/mol. The van der Waals surface area contributed by atoms with Crippen LogP contribution in [0.4, 0.5) is 0 Å². The van der Waals surface area contributed by atoms with Crippen molar-refractivity contribution in [2.45, 2.75) is 0 Å². The topological polar surface area (TPSA) is 61.4 Å². The maximum atomic E-state index is 5.24. The van der Waals surface area contributed by atoms with Crippen molar-refractivity contribution < 1.29 is 0 Å². The van der Waals surface area contributed by atoms with Gasteiger partial charge in [-0.3, -0.25) is 9.13 Å². The molecule has 0 saturated heterocycles. The molecule has 9 aromatic rings. The Morgan fingerprint density at radius 1 is 0.488 bits per heavy atom. The second-order valence-corrected chi connectivity index (χ2v) is 10.8. The fourth-order valence-corrected chi connectivity index (χ4v) is 6.54. The van der Waals surface area contributed by atoms with Gasteiger partial charge in [0.05, 0.1) is 22.1 Å². The van der Waals surface area contributed by atoms with Crippen molar-refractivity contribution in [3.63, 3.8) is 0 Å². The molecule has 0 fully saturated rings. The minimum atomic E-state index is 0.514. The monoisotopic (exact) mass is 590 g/mol. The summed E-state index contributed by atoms with van der Waals surface area (Å²) in [6.07, 6.45) is 1.83. The van der Waals surface area contributed by atoms with Gasteiger partial charge in [0, 0.05) is 38.5 Å². The van der Waals surface area contributed by atoms with E-state index in [4.69, 9.17) is 19.9 Å². The van der Waals surface area contributed by atoms with Crippen LogP contribution in [0, 0.1) is 0 Å². The van der Waals surface area contributed by atoms with E-state index in [9.17, 15) is 0 Å². The van der Waals surface area contributed by atoms with Gasteiger partial charge in [-0.15, -0.1) is 0 Å². The Kier molecular flexibility index (Phi) is 4.66. The van der Waals surface area contributed by atoms with Gasteiger partial charge in [-0.25, -0.2) is 19.9 Å². The zero-order valence-corrected chi connectivity index (χ0v) is 23.1. The minimum absolute atomic E-state index is 0.514. The van der Waals surface area contributed by atoms with Crippen LogP contribution in [-0.4, -0.2) is 29.1 Å². The Morgan fingerprint density at radius 3 is 1.83 bits per heavy atom. The van der Waals surface area contributed by atoms with Crippen LogP contribution in [0.2, 0.25) is 0 Å². The van der Waals surface area contributed by atoms with E-state index in [1.165, 1.54) is 10.8 Å². The van der Waals surface area contributed by atoms with Crippen molar-refractivity contribution >= 4 is 81.5 Å². The molecule has 9 rings (SSSR count). The molecule has 0 aliphatic carbocycles. The van der Waals surface area contributed by atoms with Gasteiger partial charge in [0.15, 0.2) is 4.73 Å². The van der Waals surface area contributed by atoms with Gasteiger partial charge in [-0.05, 0) is 64.5 Å². The van der Waals surface area contributed by atoms with Gasteiger partial charge < -0.3 is 0 Å². The summed E-state index contributed by atoms with van der Waals surface area (Å²) in [5.74, 6) is 1.61. The van der Waals surface area contributed by atoms with Crippen LogP contribution >= 0.6 is 15.9 Å². The van der Waals surface area contributed by atoms with E-state index in [1.54, 1.807) is 0 Å². The number of rotatable bonds is 2. The molecular weight excluding hydrogens is 572 g/mol. The number of para-hydroxylation sites is 3. The zero-order chi connectivity index (χ0) is 27.1. The van der Waals surface area contributed by atoms with Crippen LogP contribution in [0.25, 0.3) is 77.2 Å². The van der Waals surface area contributed by atoms with Gasteiger partial charge in [0.2, 0.25) is 0 Å². The highest BCUT2D eigenvalue weighted by Gasteiger charge is 2.19. The highest BCUT2D eigenvalue weighted by molar-refractivity contribution is 9.10. The summed E-state index contributed by atoms with van der Waals surface area (Å²) in [5.41, 5.74) is 5.74. The summed E-state index contributed by atoms with van der Waals surface area (Å²) in [6, 6.07) is 37.7. The molecule has 0 N–H and O–H groups in total. The lowest BCUT2D eigenvalue weighted by atomic mass is 10.1. The molecule has 5 heterocycles. The molecule has 0 amide bonds. The van der Waals surface area contributed by atoms with E-state index in [-0.39, 0.29) is 0 Å². The van der Waals surface area contributed by atoms with Crippen molar-refractivity contribution in [1.29, 1.82) is 0 Å². The van der Waals surface area contributed by atoms with Gasteiger partial charge in [0.25, 0.3) is 0 Å². The van der Waals surface area contributed by atoms with Crippen molar-refractivity contribution in [3.05, 3.63) is 120 Å². The number of nitrogens with zero attached hydrogens (tertiary/aromatic N) is 6. The molecule has 192 valence electrons. The second-order valence-electron chi connectivity index (χ2n) is 10.1. The Hall–Kier alpha value is -5.14. The first-order valence-corrected chi connectivity index (χ1v) is 14.2. The number of aromatic nitrogens is 6. The van der Waals surface area contributed by atoms with Crippen molar-refractivity contribution in [2.24, 2.45) is 0 Å². The summed E-state index contributed by atoms with van der Waals surface area (Å²) >= 11 is 3.63. The summed E-state index contributed by atoms with van der Waals surface area (Å²) in [5, 5.41) is 6.55. The fourth-order valence-electron chi connectivity index (χ4n) is 6.20. The quantitative estimate of drug-likeness (QED) is 0.149. The van der Waals surface area contributed by atoms with Crippen LogP contribution in [0.15, 0.2) is 120 Å². The first-order chi connectivity index (χ1) is 20.3. The van der Waals surface area contributed by atoms with Crippen molar-refractivity contribution in [2.75, 3.05) is 0 Å². The molecule has 0 atom stereocenters. The summed E-state index contributed by atoms with van der Waals surface area (Å²) in [4.78, 5) is 19.8. The van der Waals surface area contributed by atoms with Gasteiger partial charge >= 0.3 is 0 Å². The molecule has 41 heavy (non-hydrogen) atoms. The molecule has 0 aliphatic heterocycles. The lowest BCUT2D eigenvalue weighted by Crippen LogP contribution is -2.03. The number of pyridine rings is 2. The predicted molar refractivity (Wildman–Crippen MR) is 169 cm³/mol. The Balaban J connectivity index is 1.38. The third-order valence-electron chi connectivity index (χ3n) is 7.92. The maximum Gasteiger partial charge on any atom is 0.199 e. The lowest BCUT2D eigenvalue weighted by Gasteiger charge is -2.13. The molecule has 0 radical (unpaired) electrons. The number of benzene rings is 4. The van der Waals surface area contributed by atoms with E-state index in [0.29, 0.717) is 4.73 Å². The molecule has 4 aromatic carbocycles. The minimum Gasteiger partial charge on any atom is -0.293 e. The van der Waals surface area contributed by atoms with Gasteiger partial charge in [-0.2, -0.15) is 0 Å². The van der Waals surface area contributed by atoms with E-state index in [2.05, 4.69) is 128 Å². The second kappa shape index (κ2) is 8.43. The Bertz CT molecular complexity index is 2400. The molecule has 7 heteroatoms. The lowest BCUT2D eigenvalue weighted by molar-refractivity contribution is 1.04. The highest BCUT2D eigenvalue weighted by Crippen LogP contribution is 2.36. The van der Waals surface area contributed by atoms with Crippen LogP contribution in [-0.2, 0) is 0 Å². The molecule has 0 unspecified atom stereocenters. The standard InChI is InChI=1S/C34H19BrN6/c35-34-38-31-25(33(39-34)40-26-12-4-1-8-21(26)22-9-2-5-13-27(22)40)17-15-20-16-18-29(37-30(20)31)41-28-14-6-3-10-23(28)24-11-7-19-36-32(24)41/h1-19H. The molecule has 0 spiro atoms. The molecule has 0 bridgehead atoms. The van der Waals surface area contributed by atoms with Crippen LogP contribution in [0.1, 0.15) is 0 Å². The molecule has 5 aromatic heterocycles. The fraction of sp³-hybridized carbons (Fsp3) is 0. The van der Waals surface area contributed by atoms with Crippen LogP contribution < -0.4 is 0 Å². The predicted octanol–water partition coefficient (Wildman–Crippen LogP) is 8.53. The van der Waals surface area contributed by atoms with E-state index in [1.807, 2.05) is 12.3 Å². The number of halogens is 1. The highest BCUT2D eigenvalue weighted by atomic mass is 79.9. The zero-order valence-electron chi connectivity index (χ0n) is 21.5. The van der Waals surface area contributed by atoms with Gasteiger partial charge in [-0.1, -0.05) is 60.7 Å². The molecular formula is C34H19BrN6. The first-order valence-electron chi connectivity index (χ1n) is 13.4. The van der Waals surface area contributed by atoms with E-state index < -0.39 is 0 Å². The number of fused-ring (bicyclic) bond motifs is 9. The smallest absolute Gasteiger partial charge is 0.199 e. The molecule has 6 nitrogen and oxygen atoms in total. The molecule has 0 saturated carbocycles. The van der Waals surface area contributed by atoms with E-state index >= 15 is 0 Å². The van der Waals surface area contributed by atoms with Crippen molar-refractivity contribution in [1.82, 2.24) is 29.1 Å².